The van der Waals surface area contributed by atoms with Crippen LogP contribution in [0, 0.1) is 11.8 Å². The highest BCUT2D eigenvalue weighted by molar-refractivity contribution is 5.13. The maximum atomic E-state index is 3.83. The molecule has 2 fully saturated rings. The van der Waals surface area contributed by atoms with E-state index in [1.54, 1.807) is 0 Å². The van der Waals surface area contributed by atoms with Gasteiger partial charge >= 0.3 is 0 Å². The molecule has 0 radical (unpaired) electrons. The first-order chi connectivity index (χ1) is 9.06. The normalized spacial score (nSPS) is 36.3. The van der Waals surface area contributed by atoms with Crippen molar-refractivity contribution < 1.29 is 0 Å². The largest absolute Gasteiger partial charge is 0.312 e. The first kappa shape index (κ1) is 13.6. The van der Waals surface area contributed by atoms with Crippen LogP contribution in [0.15, 0.2) is 12.2 Å². The van der Waals surface area contributed by atoms with Crippen LogP contribution in [0.4, 0.5) is 0 Å². The molecule has 19 heavy (non-hydrogen) atoms. The molecule has 0 amide bonds. The number of nitrogens with one attached hydrogen (secondary N) is 1. The van der Waals surface area contributed by atoms with Gasteiger partial charge in [0.15, 0.2) is 0 Å². The van der Waals surface area contributed by atoms with Crippen LogP contribution in [-0.4, -0.2) is 61.2 Å². The van der Waals surface area contributed by atoms with Crippen molar-refractivity contribution in [2.75, 3.05) is 39.8 Å². The van der Waals surface area contributed by atoms with Gasteiger partial charge in [0.05, 0.1) is 0 Å². The van der Waals surface area contributed by atoms with E-state index < -0.39 is 0 Å². The Morgan fingerprint density at radius 3 is 2.63 bits per heavy atom. The summed E-state index contributed by atoms with van der Waals surface area (Å²) in [4.78, 5) is 5.08. The van der Waals surface area contributed by atoms with Crippen LogP contribution >= 0.6 is 0 Å². The predicted molar refractivity (Wildman–Crippen MR) is 80.3 cm³/mol. The van der Waals surface area contributed by atoms with Crippen LogP contribution in [0.5, 0.6) is 0 Å². The summed E-state index contributed by atoms with van der Waals surface area (Å²) < 4.78 is 0. The second-order valence-corrected chi connectivity index (χ2v) is 7.33. The van der Waals surface area contributed by atoms with Crippen molar-refractivity contribution in [2.45, 2.75) is 38.3 Å². The summed E-state index contributed by atoms with van der Waals surface area (Å²) in [6.07, 6.45) is 7.53. The quantitative estimate of drug-likeness (QED) is 0.777. The zero-order valence-electron chi connectivity index (χ0n) is 12.7. The van der Waals surface area contributed by atoms with Gasteiger partial charge in [-0.15, -0.1) is 0 Å². The number of allylic oxidation sites excluding steroid dienone is 1. The van der Waals surface area contributed by atoms with Crippen molar-refractivity contribution in [1.29, 1.82) is 0 Å². The van der Waals surface area contributed by atoms with E-state index in [1.807, 2.05) is 0 Å². The minimum absolute atomic E-state index is 0.286. The highest BCUT2D eigenvalue weighted by Crippen LogP contribution is 2.42. The average Bonchev–Trinajstić information content (AvgIpc) is 2.72. The minimum atomic E-state index is 0.286. The fraction of sp³-hybridized carbons (Fsp3) is 0.875. The fourth-order valence-electron chi connectivity index (χ4n) is 3.85. The van der Waals surface area contributed by atoms with E-state index >= 15 is 0 Å². The van der Waals surface area contributed by atoms with E-state index in [9.17, 15) is 0 Å². The van der Waals surface area contributed by atoms with Gasteiger partial charge in [0, 0.05) is 44.3 Å². The molecule has 0 aromatic rings. The highest BCUT2D eigenvalue weighted by atomic mass is 15.3. The molecule has 0 aromatic carbocycles. The Morgan fingerprint density at radius 1 is 1.21 bits per heavy atom. The molecular weight excluding hydrogens is 234 g/mol. The van der Waals surface area contributed by atoms with Gasteiger partial charge in [-0.25, -0.2) is 0 Å². The van der Waals surface area contributed by atoms with E-state index in [2.05, 4.69) is 48.2 Å². The second kappa shape index (κ2) is 5.19. The summed E-state index contributed by atoms with van der Waals surface area (Å²) in [6.45, 7) is 10.8. The summed E-state index contributed by atoms with van der Waals surface area (Å²) in [5, 5.41) is 3.83. The molecule has 0 bridgehead atoms. The first-order valence-electron chi connectivity index (χ1n) is 7.90. The lowest BCUT2D eigenvalue weighted by atomic mass is 9.71. The Labute approximate surface area is 118 Å². The van der Waals surface area contributed by atoms with Gasteiger partial charge in [0.2, 0.25) is 0 Å². The Bertz CT molecular complexity index is 342. The number of likely N-dealkylation sites (N-methyl/N-ethyl adjacent to an activating group) is 1. The van der Waals surface area contributed by atoms with Crippen LogP contribution in [0.3, 0.4) is 0 Å². The molecule has 1 saturated carbocycles. The monoisotopic (exact) mass is 263 g/mol. The molecule has 0 spiro atoms. The van der Waals surface area contributed by atoms with Crippen LogP contribution in [0.25, 0.3) is 0 Å². The predicted octanol–water partition coefficient (Wildman–Crippen LogP) is 1.57. The molecular formula is C16H29N3. The summed E-state index contributed by atoms with van der Waals surface area (Å²) in [6, 6.07) is 0.746. The van der Waals surface area contributed by atoms with E-state index in [0.717, 1.165) is 24.4 Å². The van der Waals surface area contributed by atoms with Crippen molar-refractivity contribution in [2.24, 2.45) is 11.8 Å². The molecule has 0 aromatic heterocycles. The van der Waals surface area contributed by atoms with Gasteiger partial charge in [-0.1, -0.05) is 12.2 Å². The van der Waals surface area contributed by atoms with Gasteiger partial charge in [0.25, 0.3) is 0 Å². The summed E-state index contributed by atoms with van der Waals surface area (Å²) in [7, 11) is 2.23. The standard InChI is InChI=1S/C16H29N3/c1-16(2,19-9-7-18(3)8-10-19)12-17-15-11-13-5-4-6-14(13)15/h4,6,13-15,17H,5,7-12H2,1-3H3. The Hall–Kier alpha value is -0.380. The third-order valence-corrected chi connectivity index (χ3v) is 5.52. The average molecular weight is 263 g/mol. The third kappa shape index (κ3) is 2.74. The Morgan fingerprint density at radius 2 is 1.95 bits per heavy atom. The van der Waals surface area contributed by atoms with Crippen molar-refractivity contribution in [3.63, 3.8) is 0 Å². The van der Waals surface area contributed by atoms with E-state index in [-0.39, 0.29) is 5.54 Å². The molecule has 1 heterocycles. The zero-order chi connectivity index (χ0) is 13.5. The molecule has 3 atom stereocenters. The number of nitrogens with zero attached hydrogens (tertiary/aromatic N) is 2. The van der Waals surface area contributed by atoms with Crippen molar-refractivity contribution in [1.82, 2.24) is 15.1 Å². The summed E-state index contributed by atoms with van der Waals surface area (Å²) >= 11 is 0. The van der Waals surface area contributed by atoms with Gasteiger partial charge in [-0.05, 0) is 45.6 Å². The van der Waals surface area contributed by atoms with Crippen molar-refractivity contribution in [3.05, 3.63) is 12.2 Å². The molecule has 108 valence electrons. The number of fused-ring (bicyclic) bond motifs is 1. The lowest BCUT2D eigenvalue weighted by Gasteiger charge is -2.46. The molecule has 3 heteroatoms. The minimum Gasteiger partial charge on any atom is -0.312 e. The topological polar surface area (TPSA) is 18.5 Å². The lowest BCUT2D eigenvalue weighted by molar-refractivity contribution is 0.0513. The molecule has 3 nitrogen and oxygen atoms in total. The first-order valence-corrected chi connectivity index (χ1v) is 7.90. The van der Waals surface area contributed by atoms with Gasteiger partial charge in [-0.3, -0.25) is 4.90 Å². The molecule has 3 aliphatic rings. The number of piperazine rings is 1. The molecule has 1 saturated heterocycles. The smallest absolute Gasteiger partial charge is 0.0278 e. The maximum Gasteiger partial charge on any atom is 0.0278 e. The van der Waals surface area contributed by atoms with Crippen LogP contribution in [0.2, 0.25) is 0 Å². The number of hydrogen-bond donors (Lipinski definition) is 1. The maximum absolute atomic E-state index is 3.83. The molecule has 1 N–H and O–H groups in total. The fourth-order valence-corrected chi connectivity index (χ4v) is 3.85. The van der Waals surface area contributed by atoms with E-state index in [1.165, 1.54) is 39.0 Å². The lowest BCUT2D eigenvalue weighted by Crippen LogP contribution is -2.60. The second-order valence-electron chi connectivity index (χ2n) is 7.33. The summed E-state index contributed by atoms with van der Waals surface area (Å²) in [5.74, 6) is 1.80. The highest BCUT2D eigenvalue weighted by Gasteiger charge is 2.41. The Balaban J connectivity index is 1.47. The SMILES string of the molecule is CN1CCN(C(C)(C)CNC2CC3CC=CC32)CC1. The number of hydrogen-bond acceptors (Lipinski definition) is 3. The zero-order valence-corrected chi connectivity index (χ0v) is 12.7. The summed E-state index contributed by atoms with van der Waals surface area (Å²) in [5.41, 5.74) is 0.286. The van der Waals surface area contributed by atoms with Gasteiger partial charge in [-0.2, -0.15) is 0 Å². The van der Waals surface area contributed by atoms with E-state index in [0.29, 0.717) is 0 Å². The molecule has 3 rings (SSSR count). The van der Waals surface area contributed by atoms with Crippen LogP contribution < -0.4 is 5.32 Å². The van der Waals surface area contributed by atoms with Gasteiger partial charge < -0.3 is 10.2 Å². The van der Waals surface area contributed by atoms with Gasteiger partial charge in [0.1, 0.15) is 0 Å². The van der Waals surface area contributed by atoms with Crippen molar-refractivity contribution in [3.8, 4) is 0 Å². The number of rotatable bonds is 4. The third-order valence-electron chi connectivity index (χ3n) is 5.52. The van der Waals surface area contributed by atoms with Crippen LogP contribution in [0.1, 0.15) is 26.7 Å². The van der Waals surface area contributed by atoms with Crippen molar-refractivity contribution >= 4 is 0 Å². The van der Waals surface area contributed by atoms with E-state index in [4.69, 9.17) is 0 Å². The van der Waals surface area contributed by atoms with Crippen LogP contribution in [-0.2, 0) is 0 Å². The Kier molecular flexibility index (Phi) is 3.71. The molecule has 1 aliphatic heterocycles. The molecule has 3 unspecified atom stereocenters. The molecule has 2 aliphatic carbocycles.